The van der Waals surface area contributed by atoms with E-state index in [2.05, 4.69) is 4.98 Å². The molecule has 0 radical (unpaired) electrons. The first-order valence-corrected chi connectivity index (χ1v) is 10.8. The fraction of sp³-hybridized carbons (Fsp3) is 0.231. The highest BCUT2D eigenvalue weighted by Crippen LogP contribution is 2.25. The Balaban J connectivity index is 1.24. The highest BCUT2D eigenvalue weighted by molar-refractivity contribution is 5.76. The van der Waals surface area contributed by atoms with Gasteiger partial charge in [-0.2, -0.15) is 0 Å². The van der Waals surface area contributed by atoms with E-state index in [0.717, 1.165) is 28.0 Å². The van der Waals surface area contributed by atoms with Crippen LogP contribution in [0.1, 0.15) is 12.5 Å². The van der Waals surface area contributed by atoms with Gasteiger partial charge in [0.15, 0.2) is 11.7 Å². The second kappa shape index (κ2) is 10.7. The predicted molar refractivity (Wildman–Crippen MR) is 124 cm³/mol. The predicted octanol–water partition coefficient (Wildman–Crippen LogP) is 4.98. The maximum Gasteiger partial charge on any atom is 0.333 e. The van der Waals surface area contributed by atoms with Gasteiger partial charge in [-0.15, -0.1) is 0 Å². The fourth-order valence-corrected chi connectivity index (χ4v) is 3.36. The van der Waals surface area contributed by atoms with Gasteiger partial charge >= 0.3 is 5.97 Å². The van der Waals surface area contributed by atoms with Crippen molar-refractivity contribution in [3.05, 3.63) is 78.4 Å². The van der Waals surface area contributed by atoms with Crippen LogP contribution < -0.4 is 9.47 Å². The number of para-hydroxylation sites is 2. The standard InChI is InChI=1S/C26H25NO6/c1-2-30-24(26(28)29)17-18-7-11-20(12-8-18)31-15-16-32-21-13-9-19(10-14-21)25-27-22-5-3-4-6-23(22)33-25/h3-14,24H,2,15-17H2,1H3,(H,28,29)/t24-/m0/s1. The molecule has 7 nitrogen and oxygen atoms in total. The van der Waals surface area contributed by atoms with Crippen LogP contribution in [0, 0.1) is 0 Å². The summed E-state index contributed by atoms with van der Waals surface area (Å²) in [7, 11) is 0. The van der Waals surface area contributed by atoms with Crippen LogP contribution in [0.25, 0.3) is 22.6 Å². The van der Waals surface area contributed by atoms with Crippen LogP contribution in [0.2, 0.25) is 0 Å². The zero-order chi connectivity index (χ0) is 23.0. The summed E-state index contributed by atoms with van der Waals surface area (Å²) in [6.45, 7) is 2.90. The summed E-state index contributed by atoms with van der Waals surface area (Å²) >= 11 is 0. The number of fused-ring (bicyclic) bond motifs is 1. The lowest BCUT2D eigenvalue weighted by molar-refractivity contribution is -0.149. The molecule has 33 heavy (non-hydrogen) atoms. The van der Waals surface area contributed by atoms with Gasteiger partial charge in [0.05, 0.1) is 0 Å². The summed E-state index contributed by atoms with van der Waals surface area (Å²) in [5.74, 6) is 1.03. The molecule has 170 valence electrons. The normalized spacial score (nSPS) is 11.9. The number of benzene rings is 3. The van der Waals surface area contributed by atoms with Crippen LogP contribution in [0.3, 0.4) is 0 Å². The molecule has 0 aliphatic heterocycles. The number of carboxylic acids is 1. The summed E-state index contributed by atoms with van der Waals surface area (Å²) in [6.07, 6.45) is -0.532. The van der Waals surface area contributed by atoms with Gasteiger partial charge in [-0.25, -0.2) is 9.78 Å². The summed E-state index contributed by atoms with van der Waals surface area (Å²) < 4.78 is 22.5. The van der Waals surface area contributed by atoms with E-state index in [1.165, 1.54) is 0 Å². The monoisotopic (exact) mass is 447 g/mol. The lowest BCUT2D eigenvalue weighted by Gasteiger charge is -2.13. The van der Waals surface area contributed by atoms with Crippen molar-refractivity contribution in [2.24, 2.45) is 0 Å². The molecule has 7 heteroatoms. The van der Waals surface area contributed by atoms with E-state index in [0.29, 0.717) is 37.9 Å². The molecule has 4 aromatic rings. The number of ether oxygens (including phenoxy) is 3. The third kappa shape index (κ3) is 5.90. The number of aromatic nitrogens is 1. The van der Waals surface area contributed by atoms with Crippen LogP contribution in [-0.2, 0) is 16.0 Å². The van der Waals surface area contributed by atoms with E-state index in [1.807, 2.05) is 72.8 Å². The van der Waals surface area contributed by atoms with E-state index in [1.54, 1.807) is 6.92 Å². The number of rotatable bonds is 11. The average Bonchev–Trinajstić information content (AvgIpc) is 3.27. The largest absolute Gasteiger partial charge is 0.490 e. The Morgan fingerprint density at radius 1 is 0.939 bits per heavy atom. The van der Waals surface area contributed by atoms with Gasteiger partial charge < -0.3 is 23.7 Å². The van der Waals surface area contributed by atoms with Crippen molar-refractivity contribution in [1.29, 1.82) is 0 Å². The lowest BCUT2D eigenvalue weighted by Crippen LogP contribution is -2.26. The zero-order valence-corrected chi connectivity index (χ0v) is 18.3. The Morgan fingerprint density at radius 3 is 2.18 bits per heavy atom. The van der Waals surface area contributed by atoms with Crippen LogP contribution in [-0.4, -0.2) is 42.0 Å². The molecular weight excluding hydrogens is 422 g/mol. The van der Waals surface area contributed by atoms with E-state index >= 15 is 0 Å². The van der Waals surface area contributed by atoms with Crippen molar-refractivity contribution in [1.82, 2.24) is 4.98 Å². The van der Waals surface area contributed by atoms with Gasteiger partial charge in [0, 0.05) is 18.6 Å². The zero-order valence-electron chi connectivity index (χ0n) is 18.3. The number of hydrogen-bond acceptors (Lipinski definition) is 6. The second-order valence-corrected chi connectivity index (χ2v) is 7.34. The van der Waals surface area contributed by atoms with Crippen LogP contribution in [0.15, 0.2) is 77.2 Å². The van der Waals surface area contributed by atoms with Gasteiger partial charge in [-0.3, -0.25) is 0 Å². The quantitative estimate of drug-likeness (QED) is 0.324. The molecule has 4 rings (SSSR count). The summed E-state index contributed by atoms with van der Waals surface area (Å²) in [4.78, 5) is 15.7. The van der Waals surface area contributed by atoms with Crippen molar-refractivity contribution in [2.75, 3.05) is 19.8 Å². The first-order chi connectivity index (χ1) is 16.1. The molecule has 0 spiro atoms. The Hall–Kier alpha value is -3.84. The molecule has 0 saturated heterocycles. The van der Waals surface area contributed by atoms with E-state index < -0.39 is 12.1 Å². The molecule has 0 amide bonds. The highest BCUT2D eigenvalue weighted by atomic mass is 16.5. The molecule has 0 bridgehead atoms. The molecular formula is C26H25NO6. The maximum absolute atomic E-state index is 11.2. The average molecular weight is 447 g/mol. The second-order valence-electron chi connectivity index (χ2n) is 7.34. The van der Waals surface area contributed by atoms with Crippen LogP contribution in [0.4, 0.5) is 0 Å². The molecule has 0 unspecified atom stereocenters. The minimum Gasteiger partial charge on any atom is -0.490 e. The summed E-state index contributed by atoms with van der Waals surface area (Å²) in [6, 6.07) is 22.5. The van der Waals surface area contributed by atoms with E-state index in [4.69, 9.17) is 18.6 Å². The smallest absolute Gasteiger partial charge is 0.333 e. The van der Waals surface area contributed by atoms with Gasteiger partial charge in [-0.1, -0.05) is 24.3 Å². The molecule has 1 atom stereocenters. The topological polar surface area (TPSA) is 91.0 Å². The third-order valence-electron chi connectivity index (χ3n) is 5.00. The number of carbonyl (C=O) groups is 1. The maximum atomic E-state index is 11.2. The minimum absolute atomic E-state index is 0.312. The van der Waals surface area contributed by atoms with Gasteiger partial charge in [-0.05, 0) is 61.0 Å². The lowest BCUT2D eigenvalue weighted by atomic mass is 10.1. The molecule has 0 fully saturated rings. The first kappa shape index (κ1) is 22.4. The fourth-order valence-electron chi connectivity index (χ4n) is 3.36. The van der Waals surface area contributed by atoms with Gasteiger partial charge in [0.1, 0.15) is 30.2 Å². The van der Waals surface area contributed by atoms with E-state index in [-0.39, 0.29) is 0 Å². The van der Waals surface area contributed by atoms with Gasteiger partial charge in [0.2, 0.25) is 5.89 Å². The third-order valence-corrected chi connectivity index (χ3v) is 5.00. The number of hydrogen-bond donors (Lipinski definition) is 1. The molecule has 3 aromatic carbocycles. The molecule has 1 heterocycles. The van der Waals surface area contributed by atoms with Crippen molar-refractivity contribution >= 4 is 17.1 Å². The van der Waals surface area contributed by atoms with E-state index in [9.17, 15) is 9.90 Å². The van der Waals surface area contributed by atoms with Crippen molar-refractivity contribution in [3.8, 4) is 23.0 Å². The van der Waals surface area contributed by atoms with Crippen LogP contribution in [0.5, 0.6) is 11.5 Å². The molecule has 0 saturated carbocycles. The molecule has 0 aliphatic carbocycles. The number of aliphatic carboxylic acids is 1. The molecule has 0 aliphatic rings. The molecule has 1 aromatic heterocycles. The minimum atomic E-state index is -0.962. The van der Waals surface area contributed by atoms with Gasteiger partial charge in [0.25, 0.3) is 0 Å². The SMILES string of the molecule is CCO[C@@H](Cc1ccc(OCCOc2ccc(-c3nc4ccccc4o3)cc2)cc1)C(=O)O. The number of nitrogens with zero attached hydrogens (tertiary/aromatic N) is 1. The first-order valence-electron chi connectivity index (χ1n) is 10.8. The van der Waals surface area contributed by atoms with Crippen molar-refractivity contribution in [3.63, 3.8) is 0 Å². The Morgan fingerprint density at radius 2 is 1.58 bits per heavy atom. The highest BCUT2D eigenvalue weighted by Gasteiger charge is 2.17. The Kier molecular flexibility index (Phi) is 7.22. The number of carboxylic acid groups (broad SMARTS) is 1. The van der Waals surface area contributed by atoms with Crippen molar-refractivity contribution < 1.29 is 28.5 Å². The number of oxazole rings is 1. The Bertz CT molecular complexity index is 1150. The summed E-state index contributed by atoms with van der Waals surface area (Å²) in [5.41, 5.74) is 3.34. The van der Waals surface area contributed by atoms with Crippen molar-refractivity contribution in [2.45, 2.75) is 19.4 Å². The Labute approximate surface area is 191 Å². The van der Waals surface area contributed by atoms with Crippen LogP contribution >= 0.6 is 0 Å². The molecule has 1 N–H and O–H groups in total. The summed E-state index contributed by atoms with van der Waals surface area (Å²) in [5, 5.41) is 9.19.